The molecular formula is C19H22Cl2N2O2. The molecule has 6 heteroatoms. The van der Waals surface area contributed by atoms with Gasteiger partial charge in [0, 0.05) is 23.2 Å². The molecule has 0 unspecified atom stereocenters. The van der Waals surface area contributed by atoms with E-state index >= 15 is 0 Å². The van der Waals surface area contributed by atoms with Gasteiger partial charge in [0.25, 0.3) is 5.91 Å². The van der Waals surface area contributed by atoms with Crippen LogP contribution in [0, 0.1) is 0 Å². The summed E-state index contributed by atoms with van der Waals surface area (Å²) >= 11 is 5.97. The Bertz CT molecular complexity index is 703. The van der Waals surface area contributed by atoms with Gasteiger partial charge in [0.1, 0.15) is 12.4 Å². The lowest BCUT2D eigenvalue weighted by Gasteiger charge is -2.23. The van der Waals surface area contributed by atoms with Crippen LogP contribution in [0.25, 0.3) is 0 Å². The Labute approximate surface area is 159 Å². The first kappa shape index (κ1) is 19.6. The zero-order chi connectivity index (χ0) is 16.8. The molecule has 0 aliphatic carbocycles. The second-order valence-electron chi connectivity index (χ2n) is 5.96. The number of carbonyl (C=O) groups excluding carboxylic acids is 1. The fourth-order valence-electron chi connectivity index (χ4n) is 2.76. The minimum atomic E-state index is -0.0584. The third-order valence-corrected chi connectivity index (χ3v) is 4.26. The zero-order valence-corrected chi connectivity index (χ0v) is 15.4. The van der Waals surface area contributed by atoms with Gasteiger partial charge >= 0.3 is 0 Å². The monoisotopic (exact) mass is 380 g/mol. The van der Waals surface area contributed by atoms with E-state index in [1.807, 2.05) is 36.4 Å². The van der Waals surface area contributed by atoms with Crippen LogP contribution in [0.3, 0.4) is 0 Å². The first-order valence-corrected chi connectivity index (χ1v) is 8.57. The SMILES string of the molecule is Cl.O=C(N[C@H]1CCCNC1)c1cccc(OCc2cccc(Cl)c2)c1. The van der Waals surface area contributed by atoms with Gasteiger partial charge in [-0.3, -0.25) is 4.79 Å². The lowest BCUT2D eigenvalue weighted by Crippen LogP contribution is -2.45. The van der Waals surface area contributed by atoms with Crippen molar-refractivity contribution >= 4 is 29.9 Å². The Morgan fingerprint density at radius 3 is 2.84 bits per heavy atom. The molecule has 2 N–H and O–H groups in total. The fraction of sp³-hybridized carbons (Fsp3) is 0.316. The molecule has 2 aromatic carbocycles. The Morgan fingerprint density at radius 2 is 2.08 bits per heavy atom. The van der Waals surface area contributed by atoms with Crippen molar-refractivity contribution in [3.8, 4) is 5.75 Å². The van der Waals surface area contributed by atoms with Gasteiger partial charge in [-0.25, -0.2) is 0 Å². The van der Waals surface area contributed by atoms with Gasteiger partial charge in [-0.2, -0.15) is 0 Å². The van der Waals surface area contributed by atoms with Crippen LogP contribution in [0.5, 0.6) is 5.75 Å². The maximum absolute atomic E-state index is 12.4. The summed E-state index contributed by atoms with van der Waals surface area (Å²) < 4.78 is 5.78. The highest BCUT2D eigenvalue weighted by molar-refractivity contribution is 6.30. The van der Waals surface area contributed by atoms with Crippen LogP contribution >= 0.6 is 24.0 Å². The summed E-state index contributed by atoms with van der Waals surface area (Å²) in [5.74, 6) is 0.612. The molecule has 4 nitrogen and oxygen atoms in total. The normalized spacial score (nSPS) is 16.6. The Balaban J connectivity index is 0.00000225. The number of amides is 1. The van der Waals surface area contributed by atoms with Gasteiger partial charge in [0.15, 0.2) is 0 Å². The van der Waals surface area contributed by atoms with Crippen molar-refractivity contribution < 1.29 is 9.53 Å². The molecule has 1 atom stereocenters. The highest BCUT2D eigenvalue weighted by Gasteiger charge is 2.16. The molecule has 1 aliphatic heterocycles. The minimum absolute atomic E-state index is 0. The molecule has 0 bridgehead atoms. The van der Waals surface area contributed by atoms with E-state index in [1.54, 1.807) is 12.1 Å². The van der Waals surface area contributed by atoms with E-state index in [0.29, 0.717) is 22.9 Å². The lowest BCUT2D eigenvalue weighted by atomic mass is 10.1. The Morgan fingerprint density at radius 1 is 1.24 bits per heavy atom. The average Bonchev–Trinajstić information content (AvgIpc) is 2.61. The average molecular weight is 381 g/mol. The molecule has 1 fully saturated rings. The summed E-state index contributed by atoms with van der Waals surface area (Å²) in [6.45, 7) is 2.27. The van der Waals surface area contributed by atoms with E-state index in [1.165, 1.54) is 0 Å². The van der Waals surface area contributed by atoms with Crippen molar-refractivity contribution in [2.75, 3.05) is 13.1 Å². The third-order valence-electron chi connectivity index (χ3n) is 4.02. The van der Waals surface area contributed by atoms with Crippen LogP contribution in [-0.2, 0) is 6.61 Å². The molecule has 1 amide bonds. The smallest absolute Gasteiger partial charge is 0.251 e. The molecule has 2 aromatic rings. The molecule has 25 heavy (non-hydrogen) atoms. The fourth-order valence-corrected chi connectivity index (χ4v) is 2.98. The number of rotatable bonds is 5. The second-order valence-corrected chi connectivity index (χ2v) is 6.40. The van der Waals surface area contributed by atoms with Gasteiger partial charge in [0.2, 0.25) is 0 Å². The van der Waals surface area contributed by atoms with E-state index in [9.17, 15) is 4.79 Å². The lowest BCUT2D eigenvalue weighted by molar-refractivity contribution is 0.0930. The van der Waals surface area contributed by atoms with Gasteiger partial charge in [0.05, 0.1) is 0 Å². The summed E-state index contributed by atoms with van der Waals surface area (Å²) in [5.41, 5.74) is 1.61. The zero-order valence-electron chi connectivity index (χ0n) is 13.8. The summed E-state index contributed by atoms with van der Waals surface area (Å²) in [6.07, 6.45) is 2.11. The van der Waals surface area contributed by atoms with Gasteiger partial charge in [-0.15, -0.1) is 12.4 Å². The van der Waals surface area contributed by atoms with Crippen LogP contribution in [0.1, 0.15) is 28.8 Å². The van der Waals surface area contributed by atoms with Crippen molar-refractivity contribution in [2.45, 2.75) is 25.5 Å². The molecule has 1 heterocycles. The summed E-state index contributed by atoms with van der Waals surface area (Å²) in [4.78, 5) is 12.4. The van der Waals surface area contributed by atoms with E-state index < -0.39 is 0 Å². The largest absolute Gasteiger partial charge is 0.489 e. The molecule has 1 aliphatic rings. The molecule has 0 saturated carbocycles. The summed E-state index contributed by atoms with van der Waals surface area (Å²) in [7, 11) is 0. The predicted molar refractivity (Wildman–Crippen MR) is 103 cm³/mol. The highest BCUT2D eigenvalue weighted by atomic mass is 35.5. The summed E-state index contributed by atoms with van der Waals surface area (Å²) in [5, 5.41) is 7.05. The van der Waals surface area contributed by atoms with Gasteiger partial charge in [-0.1, -0.05) is 29.8 Å². The van der Waals surface area contributed by atoms with Crippen molar-refractivity contribution in [2.24, 2.45) is 0 Å². The van der Waals surface area contributed by atoms with Crippen molar-refractivity contribution in [3.63, 3.8) is 0 Å². The quantitative estimate of drug-likeness (QED) is 0.828. The Hall–Kier alpha value is -1.75. The first-order valence-electron chi connectivity index (χ1n) is 8.19. The molecule has 0 radical (unpaired) electrons. The van der Waals surface area contributed by atoms with Gasteiger partial charge in [-0.05, 0) is 55.3 Å². The first-order chi connectivity index (χ1) is 11.7. The van der Waals surface area contributed by atoms with Crippen molar-refractivity contribution in [1.82, 2.24) is 10.6 Å². The minimum Gasteiger partial charge on any atom is -0.489 e. The van der Waals surface area contributed by atoms with Crippen LogP contribution in [-0.4, -0.2) is 25.0 Å². The van der Waals surface area contributed by atoms with Crippen LogP contribution in [0.2, 0.25) is 5.02 Å². The molecule has 3 rings (SSSR count). The van der Waals surface area contributed by atoms with E-state index in [0.717, 1.165) is 31.5 Å². The number of hydrogen-bond acceptors (Lipinski definition) is 3. The molecule has 0 aromatic heterocycles. The maximum Gasteiger partial charge on any atom is 0.251 e. The summed E-state index contributed by atoms with van der Waals surface area (Å²) in [6, 6.07) is 15.0. The Kier molecular flexibility index (Phi) is 7.56. The van der Waals surface area contributed by atoms with Crippen molar-refractivity contribution in [3.05, 3.63) is 64.7 Å². The number of piperidine rings is 1. The van der Waals surface area contributed by atoms with Crippen LogP contribution in [0.4, 0.5) is 0 Å². The van der Waals surface area contributed by atoms with E-state index in [4.69, 9.17) is 16.3 Å². The molecule has 1 saturated heterocycles. The number of ether oxygens (including phenoxy) is 1. The second kappa shape index (κ2) is 9.66. The third kappa shape index (κ3) is 5.92. The number of carbonyl (C=O) groups is 1. The van der Waals surface area contributed by atoms with Crippen molar-refractivity contribution in [1.29, 1.82) is 0 Å². The van der Waals surface area contributed by atoms with Crippen LogP contribution in [0.15, 0.2) is 48.5 Å². The number of halogens is 2. The maximum atomic E-state index is 12.4. The highest BCUT2D eigenvalue weighted by Crippen LogP contribution is 2.17. The van der Waals surface area contributed by atoms with E-state index in [2.05, 4.69) is 10.6 Å². The molecule has 134 valence electrons. The van der Waals surface area contributed by atoms with Gasteiger partial charge < -0.3 is 15.4 Å². The molecule has 0 spiro atoms. The predicted octanol–water partition coefficient (Wildman–Crippen LogP) is 3.82. The molecular weight excluding hydrogens is 359 g/mol. The standard InChI is InChI=1S/C19H21ClN2O2.ClH/c20-16-6-1-4-14(10-16)13-24-18-8-2-5-15(11-18)19(23)22-17-7-3-9-21-12-17;/h1-2,4-6,8,10-11,17,21H,3,7,9,12-13H2,(H,22,23);1H/t17-;/m0./s1. The number of benzene rings is 2. The number of nitrogens with one attached hydrogen (secondary N) is 2. The van der Waals surface area contributed by atoms with E-state index in [-0.39, 0.29) is 24.4 Å². The topological polar surface area (TPSA) is 50.4 Å². The van der Waals surface area contributed by atoms with Crippen LogP contribution < -0.4 is 15.4 Å². The number of hydrogen-bond donors (Lipinski definition) is 2.